The molecule has 0 saturated carbocycles. The van der Waals surface area contributed by atoms with Gasteiger partial charge in [-0.05, 0) is 19.9 Å². The van der Waals surface area contributed by atoms with Crippen molar-refractivity contribution in [1.82, 2.24) is 4.90 Å². The van der Waals surface area contributed by atoms with Gasteiger partial charge in [-0.25, -0.2) is 0 Å². The third-order valence-corrected chi connectivity index (χ3v) is 4.04. The topological polar surface area (TPSA) is 86.8 Å². The monoisotopic (exact) mass is 194 g/mol. The zero-order valence-corrected chi connectivity index (χ0v) is 8.00. The van der Waals surface area contributed by atoms with Crippen LogP contribution in [0.15, 0.2) is 0 Å². The third-order valence-electron chi connectivity index (χ3n) is 2.43. The first-order valence-corrected chi connectivity index (χ1v) is 5.49. The molecule has 0 atom stereocenters. The molecule has 0 aromatic heterocycles. The lowest BCUT2D eigenvalue weighted by atomic mass is 10.1. The van der Waals surface area contributed by atoms with E-state index in [1.54, 1.807) is 0 Å². The molecule has 0 aromatic carbocycles. The molecule has 1 saturated heterocycles. The van der Waals surface area contributed by atoms with Crippen molar-refractivity contribution in [3.8, 4) is 0 Å². The molecule has 72 valence electrons. The molecule has 0 bridgehead atoms. The highest BCUT2D eigenvalue weighted by Gasteiger charge is 2.44. The zero-order valence-electron chi connectivity index (χ0n) is 7.10. The van der Waals surface area contributed by atoms with Crippen LogP contribution >= 0.6 is 7.60 Å². The van der Waals surface area contributed by atoms with Crippen LogP contribution in [-0.2, 0) is 4.57 Å². The van der Waals surface area contributed by atoms with E-state index in [4.69, 9.17) is 15.5 Å². The van der Waals surface area contributed by atoms with Crippen molar-refractivity contribution in [3.63, 3.8) is 0 Å². The van der Waals surface area contributed by atoms with Gasteiger partial charge in [0.1, 0.15) is 5.28 Å². The van der Waals surface area contributed by atoms with Crippen molar-refractivity contribution >= 4 is 7.60 Å². The molecule has 4 N–H and O–H groups in total. The fraction of sp³-hybridized carbons (Fsp3) is 1.00. The van der Waals surface area contributed by atoms with E-state index in [0.717, 1.165) is 0 Å². The van der Waals surface area contributed by atoms with E-state index >= 15 is 0 Å². The summed E-state index contributed by atoms with van der Waals surface area (Å²) in [7, 11) is -2.21. The molecule has 0 amide bonds. The molecular weight excluding hydrogens is 179 g/mol. The number of hydrogen-bond donors (Lipinski definition) is 3. The largest absolute Gasteiger partial charge is 0.345 e. The van der Waals surface area contributed by atoms with Crippen LogP contribution in [0.3, 0.4) is 0 Å². The van der Waals surface area contributed by atoms with E-state index in [0.29, 0.717) is 25.9 Å². The SMILES string of the molecule is CN1CCC(N)(P(=O)(O)O)CC1. The molecule has 12 heavy (non-hydrogen) atoms. The number of rotatable bonds is 1. The summed E-state index contributed by atoms with van der Waals surface area (Å²) >= 11 is 0. The van der Waals surface area contributed by atoms with Gasteiger partial charge in [-0.15, -0.1) is 0 Å². The van der Waals surface area contributed by atoms with E-state index in [1.807, 2.05) is 11.9 Å². The Balaban J connectivity index is 2.69. The second kappa shape index (κ2) is 3.09. The Kier molecular flexibility index (Phi) is 2.61. The normalized spacial score (nSPS) is 25.7. The number of likely N-dealkylation sites (tertiary alicyclic amines) is 1. The summed E-state index contributed by atoms with van der Waals surface area (Å²) < 4.78 is 11.0. The molecule has 1 rings (SSSR count). The maximum Gasteiger partial charge on any atom is 0.345 e. The molecule has 0 unspecified atom stereocenters. The highest BCUT2D eigenvalue weighted by molar-refractivity contribution is 7.53. The van der Waals surface area contributed by atoms with E-state index in [1.165, 1.54) is 0 Å². The van der Waals surface area contributed by atoms with Crippen molar-refractivity contribution < 1.29 is 14.4 Å². The van der Waals surface area contributed by atoms with Crippen molar-refractivity contribution in [2.45, 2.75) is 18.1 Å². The minimum absolute atomic E-state index is 0.369. The molecule has 1 fully saturated rings. The van der Waals surface area contributed by atoms with Gasteiger partial charge in [-0.3, -0.25) is 4.57 Å². The Morgan fingerprint density at radius 3 is 2.17 bits per heavy atom. The van der Waals surface area contributed by atoms with Crippen LogP contribution in [0.5, 0.6) is 0 Å². The summed E-state index contributed by atoms with van der Waals surface area (Å²) in [5.41, 5.74) is 5.61. The lowest BCUT2D eigenvalue weighted by Crippen LogP contribution is -2.48. The maximum absolute atomic E-state index is 11.0. The van der Waals surface area contributed by atoms with Crippen molar-refractivity contribution in [2.24, 2.45) is 5.73 Å². The fourth-order valence-corrected chi connectivity index (χ4v) is 2.08. The van der Waals surface area contributed by atoms with Crippen LogP contribution in [0.4, 0.5) is 0 Å². The van der Waals surface area contributed by atoms with Crippen LogP contribution in [0.25, 0.3) is 0 Å². The first-order chi connectivity index (χ1) is 5.35. The number of piperidine rings is 1. The van der Waals surface area contributed by atoms with Crippen molar-refractivity contribution in [2.75, 3.05) is 20.1 Å². The third kappa shape index (κ3) is 1.87. The quantitative estimate of drug-likeness (QED) is 0.492. The zero-order chi connectivity index (χ0) is 9.41. The Morgan fingerprint density at radius 1 is 1.42 bits per heavy atom. The number of nitrogens with zero attached hydrogens (tertiary/aromatic N) is 1. The summed E-state index contributed by atoms with van der Waals surface area (Å²) in [6, 6.07) is 0. The summed E-state index contributed by atoms with van der Waals surface area (Å²) in [5, 5.41) is -1.28. The van der Waals surface area contributed by atoms with Crippen LogP contribution in [0.2, 0.25) is 0 Å². The molecule has 0 aliphatic carbocycles. The standard InChI is InChI=1S/C6H15N2O3P/c1-8-4-2-6(7,3-5-8)12(9,10)11/h2-5,7H2,1H3,(H2,9,10,11). The minimum Gasteiger partial charge on any atom is -0.323 e. The Labute approximate surface area is 71.7 Å². The highest BCUT2D eigenvalue weighted by Crippen LogP contribution is 2.51. The van der Waals surface area contributed by atoms with E-state index in [9.17, 15) is 4.57 Å². The molecule has 5 nitrogen and oxygen atoms in total. The molecule has 1 aliphatic rings. The maximum atomic E-state index is 11.0. The summed E-state index contributed by atoms with van der Waals surface area (Å²) in [4.78, 5) is 19.9. The summed E-state index contributed by atoms with van der Waals surface area (Å²) in [6.07, 6.45) is 0.738. The van der Waals surface area contributed by atoms with Crippen LogP contribution in [0.1, 0.15) is 12.8 Å². The lowest BCUT2D eigenvalue weighted by Gasteiger charge is -2.37. The average Bonchev–Trinajstić information content (AvgIpc) is 1.93. The van der Waals surface area contributed by atoms with Gasteiger partial charge in [0.15, 0.2) is 0 Å². The van der Waals surface area contributed by atoms with Gasteiger partial charge in [-0.1, -0.05) is 0 Å². The molecule has 0 radical (unpaired) electrons. The Bertz CT molecular complexity index is 207. The number of hydrogen-bond acceptors (Lipinski definition) is 3. The Morgan fingerprint density at radius 2 is 1.83 bits per heavy atom. The highest BCUT2D eigenvalue weighted by atomic mass is 31.2. The van der Waals surface area contributed by atoms with Gasteiger partial charge in [-0.2, -0.15) is 0 Å². The smallest absolute Gasteiger partial charge is 0.323 e. The van der Waals surface area contributed by atoms with Gasteiger partial charge in [0.25, 0.3) is 0 Å². The van der Waals surface area contributed by atoms with Crippen LogP contribution in [-0.4, -0.2) is 40.1 Å². The predicted molar refractivity (Wildman–Crippen MR) is 45.7 cm³/mol. The molecular formula is C6H15N2O3P. The second-order valence-corrected chi connectivity index (χ2v) is 5.43. The minimum atomic E-state index is -4.13. The van der Waals surface area contributed by atoms with Crippen molar-refractivity contribution in [3.05, 3.63) is 0 Å². The predicted octanol–water partition coefficient (Wildman–Crippen LogP) is -0.455. The first-order valence-electron chi connectivity index (χ1n) is 3.88. The van der Waals surface area contributed by atoms with Crippen molar-refractivity contribution in [1.29, 1.82) is 0 Å². The molecule has 1 aliphatic heterocycles. The molecule has 6 heteroatoms. The van der Waals surface area contributed by atoms with Crippen LogP contribution in [0, 0.1) is 0 Å². The molecule has 1 heterocycles. The molecule has 0 spiro atoms. The first kappa shape index (κ1) is 10.2. The fourth-order valence-electron chi connectivity index (χ4n) is 1.30. The summed E-state index contributed by atoms with van der Waals surface area (Å²) in [6.45, 7) is 1.31. The van der Waals surface area contributed by atoms with E-state index < -0.39 is 12.9 Å². The van der Waals surface area contributed by atoms with Crippen LogP contribution < -0.4 is 5.73 Å². The lowest BCUT2D eigenvalue weighted by molar-refractivity contribution is 0.207. The average molecular weight is 194 g/mol. The van der Waals surface area contributed by atoms with Gasteiger partial charge in [0.2, 0.25) is 0 Å². The van der Waals surface area contributed by atoms with Gasteiger partial charge >= 0.3 is 7.60 Å². The summed E-state index contributed by atoms with van der Waals surface area (Å²) in [5.74, 6) is 0. The Hall–Kier alpha value is 0.0700. The molecule has 0 aromatic rings. The number of nitrogens with two attached hydrogens (primary N) is 1. The van der Waals surface area contributed by atoms with Gasteiger partial charge in [0, 0.05) is 13.1 Å². The van der Waals surface area contributed by atoms with E-state index in [-0.39, 0.29) is 0 Å². The van der Waals surface area contributed by atoms with Gasteiger partial charge in [0.05, 0.1) is 0 Å². The van der Waals surface area contributed by atoms with Gasteiger partial charge < -0.3 is 20.4 Å². The van der Waals surface area contributed by atoms with E-state index in [2.05, 4.69) is 0 Å². The second-order valence-electron chi connectivity index (χ2n) is 3.45.